The average molecular weight is 673 g/mol. The first-order valence-electron chi connectivity index (χ1n) is 14.8. The Balaban J connectivity index is 1.27. The second-order valence-corrected chi connectivity index (χ2v) is 11.2. The van der Waals surface area contributed by atoms with Crippen LogP contribution in [0.3, 0.4) is 0 Å². The third kappa shape index (κ3) is 8.09. The summed E-state index contributed by atoms with van der Waals surface area (Å²) in [4.78, 5) is 19.8. The highest BCUT2D eigenvalue weighted by atomic mass is 19.4. The van der Waals surface area contributed by atoms with Gasteiger partial charge < -0.3 is 24.8 Å². The maximum atomic E-state index is 14.8. The normalized spacial score (nSPS) is 15.4. The standard InChI is InChI=1S/C33H33F5N6O4/c1-47-29-9-3-22(15-30(29)48-2)4-10-31(45)41-24-6-8-28(26(17-24)33(36,37)38)43-13-11-42(12-14-43)18-32(46,19-44-21-39-20-40-44)25-7-5-23(34)16-27(25)35/h3-10,15-17,20-21,46H,11-14,18-19H2,1-2H3,(H,41,45)/b10-4+. The number of ether oxygens (including phenoxy) is 2. The van der Waals surface area contributed by atoms with Crippen molar-refractivity contribution in [3.05, 3.63) is 102 Å². The predicted molar refractivity (Wildman–Crippen MR) is 168 cm³/mol. The van der Waals surface area contributed by atoms with Gasteiger partial charge in [0.2, 0.25) is 5.91 Å². The monoisotopic (exact) mass is 672 g/mol. The van der Waals surface area contributed by atoms with Crippen molar-refractivity contribution in [3.8, 4) is 11.5 Å². The van der Waals surface area contributed by atoms with E-state index in [0.717, 1.165) is 12.1 Å². The smallest absolute Gasteiger partial charge is 0.418 e. The lowest BCUT2D eigenvalue weighted by Gasteiger charge is -2.41. The Kier molecular flexibility index (Phi) is 10.3. The van der Waals surface area contributed by atoms with E-state index in [1.807, 2.05) is 0 Å². The van der Waals surface area contributed by atoms with E-state index in [-0.39, 0.29) is 56.2 Å². The number of rotatable bonds is 11. The lowest BCUT2D eigenvalue weighted by Crippen LogP contribution is -2.52. The largest absolute Gasteiger partial charge is 0.493 e. The summed E-state index contributed by atoms with van der Waals surface area (Å²) in [6.45, 7) is 0.503. The topological polar surface area (TPSA) is 105 Å². The maximum Gasteiger partial charge on any atom is 0.418 e. The van der Waals surface area contributed by atoms with Crippen molar-refractivity contribution < 1.29 is 41.3 Å². The summed E-state index contributed by atoms with van der Waals surface area (Å²) in [5.74, 6) is -1.41. The van der Waals surface area contributed by atoms with Gasteiger partial charge in [0.25, 0.3) is 0 Å². The molecular formula is C33H33F5N6O4. The minimum atomic E-state index is -4.72. The highest BCUT2D eigenvalue weighted by Gasteiger charge is 2.38. The summed E-state index contributed by atoms with van der Waals surface area (Å²) >= 11 is 0. The van der Waals surface area contributed by atoms with Crippen LogP contribution in [0.2, 0.25) is 0 Å². The van der Waals surface area contributed by atoms with Crippen LogP contribution in [-0.2, 0) is 23.1 Å². The second kappa shape index (κ2) is 14.4. The number of benzene rings is 3. The number of hydrogen-bond donors (Lipinski definition) is 2. The highest BCUT2D eigenvalue weighted by Crippen LogP contribution is 2.39. The number of alkyl halides is 3. The van der Waals surface area contributed by atoms with Crippen LogP contribution in [0.5, 0.6) is 11.5 Å². The molecule has 4 aromatic rings. The zero-order valence-corrected chi connectivity index (χ0v) is 26.0. The molecule has 0 spiro atoms. The molecule has 2 heterocycles. The molecule has 1 unspecified atom stereocenters. The van der Waals surface area contributed by atoms with Crippen LogP contribution in [0.25, 0.3) is 6.08 Å². The third-order valence-electron chi connectivity index (χ3n) is 7.93. The number of anilines is 2. The molecule has 1 aliphatic rings. The lowest BCUT2D eigenvalue weighted by atomic mass is 9.92. The van der Waals surface area contributed by atoms with Gasteiger partial charge >= 0.3 is 6.18 Å². The van der Waals surface area contributed by atoms with Gasteiger partial charge in [0.1, 0.15) is 29.9 Å². The minimum Gasteiger partial charge on any atom is -0.493 e. The lowest BCUT2D eigenvalue weighted by molar-refractivity contribution is -0.137. The van der Waals surface area contributed by atoms with Gasteiger partial charge in [-0.25, -0.2) is 18.4 Å². The Morgan fingerprint density at radius 2 is 1.69 bits per heavy atom. The van der Waals surface area contributed by atoms with E-state index in [1.54, 1.807) is 28.0 Å². The van der Waals surface area contributed by atoms with Gasteiger partial charge in [-0.1, -0.05) is 12.1 Å². The van der Waals surface area contributed by atoms with E-state index >= 15 is 0 Å². The van der Waals surface area contributed by atoms with Crippen LogP contribution < -0.4 is 19.7 Å². The fraction of sp³-hybridized carbons (Fsp3) is 0.303. The number of carbonyl (C=O) groups excluding carboxylic acids is 1. The van der Waals surface area contributed by atoms with Gasteiger partial charge in [0, 0.05) is 61.8 Å². The van der Waals surface area contributed by atoms with Crippen molar-refractivity contribution in [2.45, 2.75) is 18.3 Å². The van der Waals surface area contributed by atoms with Crippen LogP contribution in [-0.4, -0.2) is 77.6 Å². The predicted octanol–water partition coefficient (Wildman–Crippen LogP) is 4.95. The molecule has 10 nitrogen and oxygen atoms in total. The van der Waals surface area contributed by atoms with Crippen LogP contribution >= 0.6 is 0 Å². The number of piperazine rings is 1. The number of amides is 1. The number of carbonyl (C=O) groups is 1. The molecule has 15 heteroatoms. The summed E-state index contributed by atoms with van der Waals surface area (Å²) in [7, 11) is 2.96. The second-order valence-electron chi connectivity index (χ2n) is 11.2. The van der Waals surface area contributed by atoms with E-state index in [1.165, 1.54) is 61.9 Å². The number of β-amino-alcohol motifs (C(OH)–C–C–N with tert-alkyl or cyclic N) is 1. The summed E-state index contributed by atoms with van der Waals surface area (Å²) in [6.07, 6.45) is 0.577. The van der Waals surface area contributed by atoms with E-state index in [2.05, 4.69) is 15.4 Å². The first-order valence-corrected chi connectivity index (χ1v) is 14.8. The molecule has 254 valence electrons. The molecule has 1 aliphatic heterocycles. The highest BCUT2D eigenvalue weighted by molar-refractivity contribution is 6.02. The SMILES string of the molecule is COc1ccc(/C=C/C(=O)Nc2ccc(N3CCN(CC(O)(Cn4cncn4)c4ccc(F)cc4F)CC3)c(C(F)(F)F)c2)cc1OC. The van der Waals surface area contributed by atoms with E-state index < -0.39 is 34.9 Å². The van der Waals surface area contributed by atoms with Crippen molar-refractivity contribution in [1.29, 1.82) is 0 Å². The summed E-state index contributed by atoms with van der Waals surface area (Å²) in [5, 5.41) is 18.1. The molecule has 1 saturated heterocycles. The fourth-order valence-corrected chi connectivity index (χ4v) is 5.62. The molecule has 0 aliphatic carbocycles. The van der Waals surface area contributed by atoms with Gasteiger partial charge in [-0.15, -0.1) is 0 Å². The Morgan fingerprint density at radius 3 is 2.33 bits per heavy atom. The zero-order valence-electron chi connectivity index (χ0n) is 26.0. The Morgan fingerprint density at radius 1 is 0.938 bits per heavy atom. The Bertz CT molecular complexity index is 1760. The number of nitrogens with zero attached hydrogens (tertiary/aromatic N) is 5. The van der Waals surface area contributed by atoms with Crippen molar-refractivity contribution in [2.75, 3.05) is 57.2 Å². The molecule has 5 rings (SSSR count). The van der Waals surface area contributed by atoms with Gasteiger partial charge in [-0.3, -0.25) is 9.69 Å². The summed E-state index contributed by atoms with van der Waals surface area (Å²) in [5.41, 5.74) is -2.40. The molecule has 48 heavy (non-hydrogen) atoms. The van der Waals surface area contributed by atoms with Crippen LogP contribution in [0.1, 0.15) is 16.7 Å². The maximum absolute atomic E-state index is 14.8. The van der Waals surface area contributed by atoms with Crippen LogP contribution in [0, 0.1) is 11.6 Å². The van der Waals surface area contributed by atoms with Crippen LogP contribution in [0.15, 0.2) is 73.3 Å². The summed E-state index contributed by atoms with van der Waals surface area (Å²) < 4.78 is 83.0. The number of hydrogen-bond acceptors (Lipinski definition) is 8. The Labute approximate surface area is 273 Å². The molecule has 1 fully saturated rings. The van der Waals surface area contributed by atoms with Gasteiger partial charge in [0.15, 0.2) is 11.5 Å². The van der Waals surface area contributed by atoms with Crippen molar-refractivity contribution in [2.24, 2.45) is 0 Å². The number of aromatic nitrogens is 3. The average Bonchev–Trinajstić information content (AvgIpc) is 3.56. The zero-order chi connectivity index (χ0) is 34.5. The molecule has 2 N–H and O–H groups in total. The van der Waals surface area contributed by atoms with Crippen LogP contribution in [0.4, 0.5) is 33.3 Å². The van der Waals surface area contributed by atoms with Crippen molar-refractivity contribution in [1.82, 2.24) is 19.7 Å². The first kappa shape index (κ1) is 34.3. The Hall–Kier alpha value is -5.02. The van der Waals surface area contributed by atoms with E-state index in [9.17, 15) is 31.9 Å². The number of methoxy groups -OCH3 is 2. The molecule has 3 aromatic carbocycles. The number of aliphatic hydroxyl groups is 1. The molecule has 1 atom stereocenters. The third-order valence-corrected chi connectivity index (χ3v) is 7.93. The molecular weight excluding hydrogens is 639 g/mol. The minimum absolute atomic E-state index is 0.0360. The first-order chi connectivity index (χ1) is 22.9. The van der Waals surface area contributed by atoms with Gasteiger partial charge in [-0.05, 0) is 48.0 Å². The summed E-state index contributed by atoms with van der Waals surface area (Å²) in [6, 6.07) is 11.5. The fourth-order valence-electron chi connectivity index (χ4n) is 5.62. The molecule has 0 bridgehead atoms. The van der Waals surface area contributed by atoms with E-state index in [0.29, 0.717) is 23.1 Å². The van der Waals surface area contributed by atoms with Gasteiger partial charge in [0.05, 0.1) is 26.3 Å². The molecule has 0 radical (unpaired) electrons. The van der Waals surface area contributed by atoms with Gasteiger partial charge in [-0.2, -0.15) is 18.3 Å². The van der Waals surface area contributed by atoms with Crippen molar-refractivity contribution in [3.63, 3.8) is 0 Å². The number of nitrogens with one attached hydrogen (secondary N) is 1. The van der Waals surface area contributed by atoms with E-state index in [4.69, 9.17) is 9.47 Å². The number of halogens is 5. The van der Waals surface area contributed by atoms with Crippen molar-refractivity contribution >= 4 is 23.4 Å². The molecule has 0 saturated carbocycles. The molecule has 1 aromatic heterocycles. The molecule has 1 amide bonds. The quantitative estimate of drug-likeness (QED) is 0.170.